The maximum Gasteiger partial charge on any atom is 0.241 e. The highest BCUT2D eigenvalue weighted by molar-refractivity contribution is 9.10. The quantitative estimate of drug-likeness (QED) is 0.783. The third kappa shape index (κ3) is 3.77. The third-order valence-electron chi connectivity index (χ3n) is 2.98. The molecule has 21 heavy (non-hydrogen) atoms. The average Bonchev–Trinajstić information content (AvgIpc) is 2.41. The minimum absolute atomic E-state index is 0.0864. The summed E-state index contributed by atoms with van der Waals surface area (Å²) in [5, 5.41) is 0.327. The Morgan fingerprint density at radius 3 is 2.52 bits per heavy atom. The van der Waals surface area contributed by atoms with Crippen molar-refractivity contribution in [1.29, 1.82) is 0 Å². The highest BCUT2D eigenvalue weighted by atomic mass is 79.9. The van der Waals surface area contributed by atoms with Crippen molar-refractivity contribution in [3.63, 3.8) is 0 Å². The SMILES string of the molecule is CC(NS(=O)(=O)c1ccc(Cl)c(N)c1)c1ccccc1Br. The van der Waals surface area contributed by atoms with Crippen LogP contribution in [0.2, 0.25) is 5.02 Å². The smallest absolute Gasteiger partial charge is 0.241 e. The highest BCUT2D eigenvalue weighted by Crippen LogP contribution is 2.26. The van der Waals surface area contributed by atoms with Crippen molar-refractivity contribution in [3.05, 3.63) is 57.5 Å². The molecule has 0 aromatic heterocycles. The number of nitrogens with one attached hydrogen (secondary N) is 1. The van der Waals surface area contributed by atoms with Gasteiger partial charge in [0.05, 0.1) is 15.6 Å². The van der Waals surface area contributed by atoms with Crippen LogP contribution in [0.25, 0.3) is 0 Å². The van der Waals surface area contributed by atoms with Crippen LogP contribution in [0, 0.1) is 0 Å². The summed E-state index contributed by atoms with van der Waals surface area (Å²) in [5.41, 5.74) is 6.73. The van der Waals surface area contributed by atoms with Crippen molar-refractivity contribution in [1.82, 2.24) is 4.72 Å². The average molecular weight is 390 g/mol. The first-order valence-corrected chi connectivity index (χ1v) is 8.78. The molecule has 0 heterocycles. The molecule has 1 atom stereocenters. The van der Waals surface area contributed by atoms with Crippen LogP contribution in [0.15, 0.2) is 51.8 Å². The summed E-state index contributed by atoms with van der Waals surface area (Å²) in [6.07, 6.45) is 0. The molecule has 112 valence electrons. The van der Waals surface area contributed by atoms with Crippen LogP contribution in [0.5, 0.6) is 0 Å². The maximum atomic E-state index is 12.4. The summed E-state index contributed by atoms with van der Waals surface area (Å²) >= 11 is 9.22. The second kappa shape index (κ2) is 6.36. The Bertz CT molecular complexity index is 765. The molecule has 0 aliphatic carbocycles. The number of hydrogen-bond acceptors (Lipinski definition) is 3. The molecule has 0 saturated carbocycles. The Kier molecular flexibility index (Phi) is 4.93. The van der Waals surface area contributed by atoms with Gasteiger partial charge in [-0.3, -0.25) is 0 Å². The van der Waals surface area contributed by atoms with Gasteiger partial charge in [0, 0.05) is 10.5 Å². The van der Waals surface area contributed by atoms with E-state index in [9.17, 15) is 8.42 Å². The number of halogens is 2. The van der Waals surface area contributed by atoms with E-state index in [2.05, 4.69) is 20.7 Å². The standard InChI is InChI=1S/C14H14BrClN2O2S/c1-9(11-4-2-3-5-12(11)15)18-21(19,20)10-6-7-13(16)14(17)8-10/h2-9,18H,17H2,1H3. The molecule has 0 amide bonds. The lowest BCUT2D eigenvalue weighted by molar-refractivity contribution is 0.566. The molecule has 4 nitrogen and oxygen atoms in total. The van der Waals surface area contributed by atoms with Gasteiger partial charge in [-0.25, -0.2) is 13.1 Å². The monoisotopic (exact) mass is 388 g/mol. The minimum atomic E-state index is -3.67. The zero-order valence-electron chi connectivity index (χ0n) is 11.2. The third-order valence-corrected chi connectivity index (χ3v) is 5.59. The van der Waals surface area contributed by atoms with Crippen molar-refractivity contribution >= 4 is 43.2 Å². The van der Waals surface area contributed by atoms with E-state index in [1.165, 1.54) is 18.2 Å². The van der Waals surface area contributed by atoms with E-state index in [0.717, 1.165) is 10.0 Å². The molecule has 0 radical (unpaired) electrons. The van der Waals surface area contributed by atoms with E-state index in [1.807, 2.05) is 24.3 Å². The number of rotatable bonds is 4. The van der Waals surface area contributed by atoms with Gasteiger partial charge in [-0.2, -0.15) is 0 Å². The van der Waals surface area contributed by atoms with Gasteiger partial charge in [-0.1, -0.05) is 45.7 Å². The molecule has 0 bridgehead atoms. The van der Waals surface area contributed by atoms with Crippen molar-refractivity contribution in [2.45, 2.75) is 17.9 Å². The summed E-state index contributed by atoms with van der Waals surface area (Å²) in [6.45, 7) is 1.77. The number of anilines is 1. The molecule has 0 fully saturated rings. The summed E-state index contributed by atoms with van der Waals surface area (Å²) in [6, 6.07) is 11.3. The molecule has 2 aromatic carbocycles. The summed E-state index contributed by atoms with van der Waals surface area (Å²) < 4.78 is 28.2. The molecule has 0 saturated heterocycles. The van der Waals surface area contributed by atoms with Crippen LogP contribution in [0.1, 0.15) is 18.5 Å². The van der Waals surface area contributed by atoms with Crippen LogP contribution < -0.4 is 10.5 Å². The molecule has 2 rings (SSSR count). The van der Waals surface area contributed by atoms with E-state index in [1.54, 1.807) is 6.92 Å². The Hall–Kier alpha value is -1.08. The van der Waals surface area contributed by atoms with Crippen LogP contribution in [0.4, 0.5) is 5.69 Å². The fraction of sp³-hybridized carbons (Fsp3) is 0.143. The first kappa shape index (κ1) is 16.3. The van der Waals surface area contributed by atoms with Gasteiger partial charge >= 0.3 is 0 Å². The van der Waals surface area contributed by atoms with Gasteiger partial charge < -0.3 is 5.73 Å². The zero-order valence-corrected chi connectivity index (χ0v) is 14.3. The first-order valence-electron chi connectivity index (χ1n) is 6.13. The molecule has 7 heteroatoms. The zero-order chi connectivity index (χ0) is 15.6. The second-order valence-electron chi connectivity index (χ2n) is 4.55. The van der Waals surface area contributed by atoms with Crippen LogP contribution in [-0.2, 0) is 10.0 Å². The Labute approximate surface area is 137 Å². The number of benzene rings is 2. The van der Waals surface area contributed by atoms with E-state index < -0.39 is 10.0 Å². The minimum Gasteiger partial charge on any atom is -0.397 e. The van der Waals surface area contributed by atoms with Crippen molar-refractivity contribution in [2.75, 3.05) is 5.73 Å². The van der Waals surface area contributed by atoms with Gasteiger partial charge in [-0.05, 0) is 36.8 Å². The number of nitrogen functional groups attached to an aromatic ring is 1. The van der Waals surface area contributed by atoms with Crippen molar-refractivity contribution < 1.29 is 8.42 Å². The Morgan fingerprint density at radius 1 is 1.24 bits per heavy atom. The lowest BCUT2D eigenvalue weighted by Gasteiger charge is -2.16. The van der Waals surface area contributed by atoms with E-state index in [0.29, 0.717) is 5.02 Å². The molecule has 1 unspecified atom stereocenters. The van der Waals surface area contributed by atoms with E-state index in [-0.39, 0.29) is 16.6 Å². The predicted octanol–water partition coefficient (Wildman–Crippen LogP) is 3.72. The Morgan fingerprint density at radius 2 is 1.90 bits per heavy atom. The number of hydrogen-bond donors (Lipinski definition) is 2. The summed E-state index contributed by atoms with van der Waals surface area (Å²) in [7, 11) is -3.67. The normalized spacial score (nSPS) is 13.1. The van der Waals surface area contributed by atoms with Gasteiger partial charge in [0.2, 0.25) is 10.0 Å². The maximum absolute atomic E-state index is 12.4. The van der Waals surface area contributed by atoms with Crippen molar-refractivity contribution in [2.24, 2.45) is 0 Å². The molecule has 0 aliphatic rings. The first-order chi connectivity index (χ1) is 9.81. The fourth-order valence-corrected chi connectivity index (χ4v) is 3.88. The fourth-order valence-electron chi connectivity index (χ4n) is 1.88. The van der Waals surface area contributed by atoms with E-state index in [4.69, 9.17) is 17.3 Å². The van der Waals surface area contributed by atoms with E-state index >= 15 is 0 Å². The molecule has 0 spiro atoms. The molecule has 0 aliphatic heterocycles. The molecular formula is C14H14BrClN2O2S. The number of nitrogens with two attached hydrogens (primary N) is 1. The number of sulfonamides is 1. The topological polar surface area (TPSA) is 72.2 Å². The van der Waals surface area contributed by atoms with Gasteiger partial charge in [0.25, 0.3) is 0 Å². The second-order valence-corrected chi connectivity index (χ2v) is 7.52. The largest absolute Gasteiger partial charge is 0.397 e. The van der Waals surface area contributed by atoms with Crippen LogP contribution >= 0.6 is 27.5 Å². The van der Waals surface area contributed by atoms with Gasteiger partial charge in [0.15, 0.2) is 0 Å². The predicted molar refractivity (Wildman–Crippen MR) is 88.7 cm³/mol. The van der Waals surface area contributed by atoms with Crippen molar-refractivity contribution in [3.8, 4) is 0 Å². The Balaban J connectivity index is 2.29. The molecular weight excluding hydrogens is 376 g/mol. The van der Waals surface area contributed by atoms with Gasteiger partial charge in [0.1, 0.15) is 0 Å². The van der Waals surface area contributed by atoms with Gasteiger partial charge in [-0.15, -0.1) is 0 Å². The summed E-state index contributed by atoms with van der Waals surface area (Å²) in [5.74, 6) is 0. The molecule has 3 N–H and O–H groups in total. The summed E-state index contributed by atoms with van der Waals surface area (Å²) in [4.78, 5) is 0.0864. The lowest BCUT2D eigenvalue weighted by atomic mass is 10.1. The lowest BCUT2D eigenvalue weighted by Crippen LogP contribution is -2.27. The van der Waals surface area contributed by atoms with Crippen LogP contribution in [0.3, 0.4) is 0 Å². The molecule has 2 aromatic rings. The van der Waals surface area contributed by atoms with Crippen LogP contribution in [-0.4, -0.2) is 8.42 Å². The highest BCUT2D eigenvalue weighted by Gasteiger charge is 2.20.